The van der Waals surface area contributed by atoms with Gasteiger partial charge in [-0.25, -0.2) is 0 Å². The third-order valence-electron chi connectivity index (χ3n) is 3.85. The van der Waals surface area contributed by atoms with Crippen LogP contribution in [0.5, 0.6) is 0 Å². The van der Waals surface area contributed by atoms with Gasteiger partial charge in [0.2, 0.25) is 11.8 Å². The second-order valence-electron chi connectivity index (χ2n) is 6.24. The molecule has 1 N–H and O–H groups in total. The first kappa shape index (κ1) is 20.5. The molecule has 138 valence electrons. The van der Waals surface area contributed by atoms with Crippen LogP contribution in [-0.2, 0) is 15.3 Å². The highest BCUT2D eigenvalue weighted by molar-refractivity contribution is 9.10. The van der Waals surface area contributed by atoms with E-state index in [1.165, 1.54) is 16.0 Å². The van der Waals surface area contributed by atoms with Crippen LogP contribution in [0.2, 0.25) is 0 Å². The van der Waals surface area contributed by atoms with E-state index in [0.29, 0.717) is 5.75 Å². The molecule has 0 fully saturated rings. The average molecular weight is 435 g/mol. The van der Waals surface area contributed by atoms with Gasteiger partial charge in [0.25, 0.3) is 0 Å². The highest BCUT2D eigenvalue weighted by atomic mass is 79.9. The van der Waals surface area contributed by atoms with Crippen LogP contribution < -0.4 is 5.32 Å². The van der Waals surface area contributed by atoms with Crippen molar-refractivity contribution >= 4 is 45.2 Å². The molecule has 0 bridgehead atoms. The van der Waals surface area contributed by atoms with E-state index in [1.54, 1.807) is 18.8 Å². The number of amides is 2. The van der Waals surface area contributed by atoms with E-state index in [0.717, 1.165) is 21.5 Å². The Bertz CT molecular complexity index is 795. The zero-order valence-electron chi connectivity index (χ0n) is 15.2. The molecule has 0 radical (unpaired) electrons. The summed E-state index contributed by atoms with van der Waals surface area (Å²) in [4.78, 5) is 25.9. The number of hydrogen-bond acceptors (Lipinski definition) is 3. The van der Waals surface area contributed by atoms with Crippen molar-refractivity contribution in [2.24, 2.45) is 0 Å². The van der Waals surface area contributed by atoms with Gasteiger partial charge in [-0.2, -0.15) is 0 Å². The van der Waals surface area contributed by atoms with Gasteiger partial charge < -0.3 is 10.2 Å². The first-order chi connectivity index (χ1) is 12.3. The minimum atomic E-state index is -0.199. The van der Waals surface area contributed by atoms with Gasteiger partial charge in [0, 0.05) is 23.0 Å². The quantitative estimate of drug-likeness (QED) is 0.702. The van der Waals surface area contributed by atoms with Crippen LogP contribution in [0.25, 0.3) is 0 Å². The van der Waals surface area contributed by atoms with Gasteiger partial charge in [0.1, 0.15) is 0 Å². The summed E-state index contributed by atoms with van der Waals surface area (Å²) in [6, 6.07) is 13.9. The van der Waals surface area contributed by atoms with Crippen molar-refractivity contribution in [2.45, 2.75) is 19.6 Å². The molecular weight excluding hydrogens is 412 g/mol. The number of nitrogens with one attached hydrogen (secondary N) is 1. The molecule has 4 nitrogen and oxygen atoms in total. The Morgan fingerprint density at radius 1 is 1.15 bits per heavy atom. The van der Waals surface area contributed by atoms with Crippen LogP contribution in [-0.4, -0.2) is 36.1 Å². The van der Waals surface area contributed by atoms with Crippen molar-refractivity contribution in [3.63, 3.8) is 0 Å². The number of hydrogen-bond donors (Lipinski definition) is 1. The lowest BCUT2D eigenvalue weighted by atomic mass is 10.2. The fourth-order valence-electron chi connectivity index (χ4n) is 2.43. The molecule has 0 saturated carbocycles. The summed E-state index contributed by atoms with van der Waals surface area (Å²) in [5, 5.41) is 2.85. The Morgan fingerprint density at radius 2 is 1.92 bits per heavy atom. The second kappa shape index (κ2) is 9.78. The molecule has 0 heterocycles. The highest BCUT2D eigenvalue weighted by Crippen LogP contribution is 2.20. The van der Waals surface area contributed by atoms with Crippen LogP contribution in [0.3, 0.4) is 0 Å². The monoisotopic (exact) mass is 434 g/mol. The summed E-state index contributed by atoms with van der Waals surface area (Å²) >= 11 is 4.96. The molecule has 2 aromatic rings. The summed E-state index contributed by atoms with van der Waals surface area (Å²) in [6.07, 6.45) is 0. The topological polar surface area (TPSA) is 49.4 Å². The maximum Gasteiger partial charge on any atom is 0.243 e. The van der Waals surface area contributed by atoms with Crippen molar-refractivity contribution < 1.29 is 9.59 Å². The third-order valence-corrected chi connectivity index (χ3v) is 5.33. The summed E-state index contributed by atoms with van der Waals surface area (Å²) in [7, 11) is 1.66. The van der Waals surface area contributed by atoms with Crippen molar-refractivity contribution in [1.82, 2.24) is 4.90 Å². The zero-order valence-corrected chi connectivity index (χ0v) is 17.6. The number of carbonyl (C=O) groups is 2. The molecule has 0 atom stereocenters. The molecule has 0 aromatic heterocycles. The van der Waals surface area contributed by atoms with Crippen molar-refractivity contribution in [1.29, 1.82) is 0 Å². The fraction of sp³-hybridized carbons (Fsp3) is 0.300. The van der Waals surface area contributed by atoms with E-state index in [1.807, 2.05) is 31.2 Å². The normalized spacial score (nSPS) is 10.5. The largest absolute Gasteiger partial charge is 0.336 e. The van der Waals surface area contributed by atoms with E-state index in [4.69, 9.17) is 0 Å². The van der Waals surface area contributed by atoms with Crippen molar-refractivity contribution in [3.8, 4) is 0 Å². The minimum Gasteiger partial charge on any atom is -0.336 e. The molecule has 0 unspecified atom stereocenters. The van der Waals surface area contributed by atoms with Gasteiger partial charge >= 0.3 is 0 Å². The maximum atomic E-state index is 12.2. The second-order valence-corrected chi connectivity index (χ2v) is 8.14. The molecule has 2 aromatic carbocycles. The summed E-state index contributed by atoms with van der Waals surface area (Å²) in [5.74, 6) is 0.890. The molecule has 0 aliphatic heterocycles. The van der Waals surface area contributed by atoms with E-state index in [-0.39, 0.29) is 18.4 Å². The lowest BCUT2D eigenvalue weighted by molar-refractivity contribution is -0.131. The molecule has 2 rings (SSSR count). The van der Waals surface area contributed by atoms with Gasteiger partial charge in [-0.15, -0.1) is 11.8 Å². The van der Waals surface area contributed by atoms with E-state index in [9.17, 15) is 9.59 Å². The number of benzene rings is 2. The molecule has 26 heavy (non-hydrogen) atoms. The summed E-state index contributed by atoms with van der Waals surface area (Å²) in [6.45, 7) is 4.02. The SMILES string of the molecule is Cc1cccc(CSCC(=O)N(C)CC(=O)Nc2ccc(Br)cc2C)c1. The van der Waals surface area contributed by atoms with Crippen LogP contribution >= 0.6 is 27.7 Å². The van der Waals surface area contributed by atoms with Crippen LogP contribution in [0.1, 0.15) is 16.7 Å². The molecule has 0 aliphatic rings. The first-order valence-corrected chi connectivity index (χ1v) is 10.2. The van der Waals surface area contributed by atoms with E-state index in [2.05, 4.69) is 46.4 Å². The number of rotatable bonds is 7. The summed E-state index contributed by atoms with van der Waals surface area (Å²) in [5.41, 5.74) is 4.14. The Kier molecular flexibility index (Phi) is 7.72. The standard InChI is InChI=1S/C20H23BrN2O2S/c1-14-5-4-6-16(9-14)12-26-13-20(25)23(3)11-19(24)22-18-8-7-17(21)10-15(18)2/h4-10H,11-13H2,1-3H3,(H,22,24). The lowest BCUT2D eigenvalue weighted by Crippen LogP contribution is -2.36. The number of halogens is 1. The number of nitrogens with zero attached hydrogens (tertiary/aromatic N) is 1. The van der Waals surface area contributed by atoms with Crippen molar-refractivity contribution in [2.75, 3.05) is 24.7 Å². The lowest BCUT2D eigenvalue weighted by Gasteiger charge is -2.17. The molecule has 6 heteroatoms. The number of likely N-dealkylation sites (N-methyl/N-ethyl adjacent to an activating group) is 1. The molecule has 0 spiro atoms. The third kappa shape index (κ3) is 6.50. The molecule has 0 saturated heterocycles. The predicted molar refractivity (Wildman–Crippen MR) is 112 cm³/mol. The Morgan fingerprint density at radius 3 is 2.62 bits per heavy atom. The minimum absolute atomic E-state index is 0.0410. The maximum absolute atomic E-state index is 12.2. The van der Waals surface area contributed by atoms with Gasteiger partial charge in [0.05, 0.1) is 12.3 Å². The van der Waals surface area contributed by atoms with Gasteiger partial charge in [-0.1, -0.05) is 45.8 Å². The van der Waals surface area contributed by atoms with Gasteiger partial charge in [-0.3, -0.25) is 9.59 Å². The Labute approximate surface area is 167 Å². The zero-order chi connectivity index (χ0) is 19.1. The fourth-order valence-corrected chi connectivity index (χ4v) is 3.82. The Balaban J connectivity index is 1.77. The predicted octanol–water partition coefficient (Wildman–Crippen LogP) is 4.40. The van der Waals surface area contributed by atoms with Crippen LogP contribution in [0.15, 0.2) is 46.9 Å². The number of carbonyl (C=O) groups excluding carboxylic acids is 2. The molecule has 2 amide bonds. The number of anilines is 1. The highest BCUT2D eigenvalue weighted by Gasteiger charge is 2.14. The van der Waals surface area contributed by atoms with Crippen molar-refractivity contribution in [3.05, 3.63) is 63.6 Å². The van der Waals surface area contributed by atoms with E-state index < -0.39 is 0 Å². The number of thioether (sulfide) groups is 1. The van der Waals surface area contributed by atoms with Crippen LogP contribution in [0, 0.1) is 13.8 Å². The average Bonchev–Trinajstić information content (AvgIpc) is 2.57. The Hall–Kier alpha value is -1.79. The van der Waals surface area contributed by atoms with Crippen LogP contribution in [0.4, 0.5) is 5.69 Å². The molecule has 0 aliphatic carbocycles. The van der Waals surface area contributed by atoms with Gasteiger partial charge in [0.15, 0.2) is 0 Å². The molecular formula is C20H23BrN2O2S. The van der Waals surface area contributed by atoms with Gasteiger partial charge in [-0.05, 0) is 43.2 Å². The first-order valence-electron chi connectivity index (χ1n) is 8.28. The summed E-state index contributed by atoms with van der Waals surface area (Å²) < 4.78 is 0.964. The number of aryl methyl sites for hydroxylation is 2. The smallest absolute Gasteiger partial charge is 0.243 e. The van der Waals surface area contributed by atoms with E-state index >= 15 is 0 Å².